The van der Waals surface area contributed by atoms with Crippen molar-refractivity contribution >= 4 is 38.9 Å². The maximum atomic E-state index is 6.15. The Labute approximate surface area is 103 Å². The first-order valence-corrected chi connectivity index (χ1v) is 6.62. The predicted octanol–water partition coefficient (Wildman–Crippen LogP) is 4.46. The van der Waals surface area contributed by atoms with Crippen molar-refractivity contribution in [2.45, 2.75) is 26.8 Å². The van der Waals surface area contributed by atoms with E-state index in [1.807, 2.05) is 6.07 Å². The fraction of sp³-hybridized carbons (Fsp3) is 0.600. The van der Waals surface area contributed by atoms with Crippen LogP contribution in [0.4, 0.5) is 0 Å². The molecule has 80 valence electrons. The Morgan fingerprint density at radius 2 is 2.00 bits per heavy atom. The maximum absolute atomic E-state index is 6.15. The molecule has 4 heteroatoms. The second kappa shape index (κ2) is 4.97. The van der Waals surface area contributed by atoms with Crippen molar-refractivity contribution in [1.29, 1.82) is 0 Å². The zero-order valence-corrected chi connectivity index (χ0v) is 11.7. The molecule has 0 amide bonds. The molecular formula is C10H15BrClNS. The molecule has 1 nitrogen and oxygen atoms in total. The average Bonchev–Trinajstić information content (AvgIpc) is 2.44. The van der Waals surface area contributed by atoms with Crippen LogP contribution >= 0.6 is 38.9 Å². The van der Waals surface area contributed by atoms with E-state index in [0.29, 0.717) is 11.8 Å². The first-order valence-electron chi connectivity index (χ1n) is 4.63. The summed E-state index contributed by atoms with van der Waals surface area (Å²) in [6.07, 6.45) is 0. The van der Waals surface area contributed by atoms with Crippen LogP contribution in [0.1, 0.15) is 31.7 Å². The number of halogens is 2. The number of hydrogen-bond donors (Lipinski definition) is 1. The van der Waals surface area contributed by atoms with Crippen molar-refractivity contribution in [3.05, 3.63) is 19.8 Å². The minimum atomic E-state index is 0.0869. The van der Waals surface area contributed by atoms with Crippen molar-refractivity contribution in [3.8, 4) is 0 Å². The van der Waals surface area contributed by atoms with Gasteiger partial charge in [0.1, 0.15) is 0 Å². The molecule has 0 aromatic carbocycles. The lowest BCUT2D eigenvalue weighted by Gasteiger charge is -2.22. The number of hydrogen-bond acceptors (Lipinski definition) is 2. The fourth-order valence-electron chi connectivity index (χ4n) is 1.20. The van der Waals surface area contributed by atoms with Gasteiger partial charge in [0.2, 0.25) is 0 Å². The molecule has 1 rings (SSSR count). The lowest BCUT2D eigenvalue weighted by Crippen LogP contribution is -2.22. The van der Waals surface area contributed by atoms with Crippen molar-refractivity contribution in [2.75, 3.05) is 0 Å². The summed E-state index contributed by atoms with van der Waals surface area (Å²) in [7, 11) is 0. The molecule has 14 heavy (non-hydrogen) atoms. The minimum absolute atomic E-state index is 0.0869. The second-order valence-electron chi connectivity index (χ2n) is 3.90. The number of thiophene rings is 1. The van der Waals surface area contributed by atoms with Crippen LogP contribution in [0.2, 0.25) is 5.02 Å². The van der Waals surface area contributed by atoms with E-state index >= 15 is 0 Å². The second-order valence-corrected chi connectivity index (χ2v) is 6.71. The monoisotopic (exact) mass is 295 g/mol. The molecule has 2 unspecified atom stereocenters. The molecule has 0 aliphatic heterocycles. The van der Waals surface area contributed by atoms with Gasteiger partial charge in [-0.2, -0.15) is 0 Å². The Balaban J connectivity index is 2.83. The van der Waals surface area contributed by atoms with Crippen molar-refractivity contribution in [2.24, 2.45) is 17.6 Å². The molecule has 0 aliphatic carbocycles. The van der Waals surface area contributed by atoms with Gasteiger partial charge in [0, 0.05) is 10.9 Å². The van der Waals surface area contributed by atoms with Crippen molar-refractivity contribution in [1.82, 2.24) is 0 Å². The Morgan fingerprint density at radius 1 is 1.43 bits per heavy atom. The van der Waals surface area contributed by atoms with Gasteiger partial charge < -0.3 is 5.73 Å². The van der Waals surface area contributed by atoms with Gasteiger partial charge in [0.15, 0.2) is 0 Å². The third-order valence-corrected chi connectivity index (χ3v) is 5.19. The van der Waals surface area contributed by atoms with Gasteiger partial charge in [-0.15, -0.1) is 11.3 Å². The summed E-state index contributed by atoms with van der Waals surface area (Å²) in [6, 6.07) is 2.05. The van der Waals surface area contributed by atoms with E-state index in [-0.39, 0.29) is 6.04 Å². The van der Waals surface area contributed by atoms with Crippen LogP contribution in [0, 0.1) is 11.8 Å². The Hall–Kier alpha value is 0.430. The van der Waals surface area contributed by atoms with Crippen LogP contribution in [-0.4, -0.2) is 0 Å². The van der Waals surface area contributed by atoms with E-state index in [1.165, 1.54) is 0 Å². The summed E-state index contributed by atoms with van der Waals surface area (Å²) in [5, 5.41) is 0.761. The van der Waals surface area contributed by atoms with Crippen molar-refractivity contribution in [3.63, 3.8) is 0 Å². The highest BCUT2D eigenvalue weighted by Gasteiger charge is 2.20. The third-order valence-electron chi connectivity index (χ3n) is 2.61. The molecule has 1 aromatic rings. The zero-order chi connectivity index (χ0) is 10.9. The van der Waals surface area contributed by atoms with E-state index in [1.54, 1.807) is 11.3 Å². The summed E-state index contributed by atoms with van der Waals surface area (Å²) >= 11 is 11.0. The van der Waals surface area contributed by atoms with Gasteiger partial charge in [0.25, 0.3) is 0 Å². The first kappa shape index (κ1) is 12.5. The summed E-state index contributed by atoms with van der Waals surface area (Å²) < 4.78 is 0.973. The molecular weight excluding hydrogens is 282 g/mol. The van der Waals surface area contributed by atoms with Gasteiger partial charge in [-0.3, -0.25) is 0 Å². The normalized spacial score (nSPS) is 15.9. The molecule has 0 radical (unpaired) electrons. The van der Waals surface area contributed by atoms with Gasteiger partial charge in [-0.05, 0) is 33.8 Å². The molecule has 0 bridgehead atoms. The first-order chi connectivity index (χ1) is 6.43. The molecule has 1 aromatic heterocycles. The topological polar surface area (TPSA) is 26.0 Å². The molecule has 2 N–H and O–H groups in total. The Kier molecular flexibility index (Phi) is 4.44. The third kappa shape index (κ3) is 2.72. The molecule has 0 fully saturated rings. The van der Waals surface area contributed by atoms with Gasteiger partial charge >= 0.3 is 0 Å². The zero-order valence-electron chi connectivity index (χ0n) is 8.55. The summed E-state index contributed by atoms with van der Waals surface area (Å²) in [6.45, 7) is 6.56. The Morgan fingerprint density at radius 3 is 2.36 bits per heavy atom. The SMILES string of the molecule is CC(C)C(C)C(N)c1cc(Cl)c(Br)s1. The van der Waals surface area contributed by atoms with E-state index in [4.69, 9.17) is 17.3 Å². The van der Waals surface area contributed by atoms with E-state index in [9.17, 15) is 0 Å². The highest BCUT2D eigenvalue weighted by Crippen LogP contribution is 2.37. The molecule has 1 heterocycles. The fourth-order valence-corrected chi connectivity index (χ4v) is 3.07. The molecule has 0 saturated carbocycles. The average molecular weight is 297 g/mol. The number of nitrogens with two attached hydrogens (primary N) is 1. The minimum Gasteiger partial charge on any atom is -0.323 e. The molecule has 0 saturated heterocycles. The van der Waals surface area contributed by atoms with Crippen LogP contribution in [0.15, 0.2) is 9.85 Å². The van der Waals surface area contributed by atoms with Crippen LogP contribution in [0.3, 0.4) is 0 Å². The maximum Gasteiger partial charge on any atom is 0.0887 e. The number of rotatable bonds is 3. The highest BCUT2D eigenvalue weighted by atomic mass is 79.9. The molecule has 0 aliphatic rings. The largest absolute Gasteiger partial charge is 0.323 e. The summed E-state index contributed by atoms with van der Waals surface area (Å²) in [5.74, 6) is 1.06. The summed E-state index contributed by atoms with van der Waals surface area (Å²) in [4.78, 5) is 1.16. The standard InChI is InChI=1S/C10H15BrClNS/c1-5(2)6(3)9(13)8-4-7(12)10(11)14-8/h4-6,9H,13H2,1-3H3. The van der Waals surface area contributed by atoms with E-state index in [0.717, 1.165) is 13.7 Å². The summed E-state index contributed by atoms with van der Waals surface area (Å²) in [5.41, 5.74) is 6.15. The van der Waals surface area contributed by atoms with E-state index in [2.05, 4.69) is 36.7 Å². The smallest absolute Gasteiger partial charge is 0.0887 e. The van der Waals surface area contributed by atoms with Gasteiger partial charge in [0.05, 0.1) is 8.81 Å². The highest BCUT2D eigenvalue weighted by molar-refractivity contribution is 9.11. The van der Waals surface area contributed by atoms with Crippen LogP contribution in [-0.2, 0) is 0 Å². The predicted molar refractivity (Wildman–Crippen MR) is 68.0 cm³/mol. The quantitative estimate of drug-likeness (QED) is 0.876. The van der Waals surface area contributed by atoms with Crippen LogP contribution in [0.25, 0.3) is 0 Å². The lowest BCUT2D eigenvalue weighted by molar-refractivity contribution is 0.355. The lowest BCUT2D eigenvalue weighted by atomic mass is 9.90. The van der Waals surface area contributed by atoms with E-state index < -0.39 is 0 Å². The van der Waals surface area contributed by atoms with Crippen LogP contribution < -0.4 is 5.73 Å². The van der Waals surface area contributed by atoms with Gasteiger partial charge in [-0.1, -0.05) is 32.4 Å². The Bertz CT molecular complexity index is 292. The van der Waals surface area contributed by atoms with Crippen molar-refractivity contribution < 1.29 is 0 Å². The molecule has 0 spiro atoms. The van der Waals surface area contributed by atoms with Gasteiger partial charge in [-0.25, -0.2) is 0 Å². The molecule has 2 atom stereocenters. The van der Waals surface area contributed by atoms with Crippen LogP contribution in [0.5, 0.6) is 0 Å².